The van der Waals surface area contributed by atoms with Crippen LogP contribution in [0.4, 0.5) is 5.69 Å². The summed E-state index contributed by atoms with van der Waals surface area (Å²) in [5.41, 5.74) is 2.03. The largest absolute Gasteiger partial charge is 0.462 e. The highest BCUT2D eigenvalue weighted by Crippen LogP contribution is 2.44. The molecule has 176 valence electrons. The second kappa shape index (κ2) is 10.6. The van der Waals surface area contributed by atoms with E-state index >= 15 is 0 Å². The monoisotopic (exact) mass is 478 g/mol. The van der Waals surface area contributed by atoms with E-state index in [0.717, 1.165) is 4.88 Å². The summed E-state index contributed by atoms with van der Waals surface area (Å²) in [4.78, 5) is 42.0. The van der Waals surface area contributed by atoms with Gasteiger partial charge in [0.25, 0.3) is 5.91 Å². The Labute approximate surface area is 202 Å². The molecule has 4 rings (SSSR count). The number of rotatable bonds is 8. The van der Waals surface area contributed by atoms with Gasteiger partial charge in [0.15, 0.2) is 0 Å². The number of thiophene rings is 1. The highest BCUT2D eigenvalue weighted by atomic mass is 32.1. The lowest BCUT2D eigenvalue weighted by Gasteiger charge is -2.41. The Hall–Kier alpha value is -3.49. The Morgan fingerprint density at radius 3 is 2.65 bits per heavy atom. The molecule has 0 spiro atoms. The number of carbonyl (C=O) groups is 3. The number of carbonyl (C=O) groups excluding carboxylic acids is 3. The maximum absolute atomic E-state index is 13.8. The van der Waals surface area contributed by atoms with Crippen LogP contribution in [0.25, 0.3) is 0 Å². The number of amides is 2. The summed E-state index contributed by atoms with van der Waals surface area (Å²) in [5.74, 6) is -1.48. The van der Waals surface area contributed by atoms with E-state index in [1.165, 1.54) is 11.3 Å². The number of ether oxygens (including phenoxy) is 2. The van der Waals surface area contributed by atoms with E-state index in [1.807, 2.05) is 29.6 Å². The number of benzene rings is 2. The van der Waals surface area contributed by atoms with Crippen LogP contribution in [0.1, 0.15) is 50.0 Å². The Bertz CT molecular complexity index is 1180. The summed E-state index contributed by atoms with van der Waals surface area (Å²) < 4.78 is 10.3. The lowest BCUT2D eigenvalue weighted by molar-refractivity contribution is -0.119. The minimum atomic E-state index is -0.643. The molecular formula is C26H26N2O5S. The first-order chi connectivity index (χ1) is 16.5. The predicted octanol–water partition coefficient (Wildman–Crippen LogP) is 4.49. The van der Waals surface area contributed by atoms with Gasteiger partial charge in [-0.05, 0) is 48.2 Å². The predicted molar refractivity (Wildman–Crippen MR) is 130 cm³/mol. The maximum atomic E-state index is 13.8. The molecule has 0 radical (unpaired) electrons. The fourth-order valence-corrected chi connectivity index (χ4v) is 5.12. The van der Waals surface area contributed by atoms with Crippen molar-refractivity contribution in [1.82, 2.24) is 4.90 Å². The van der Waals surface area contributed by atoms with Gasteiger partial charge in [0.1, 0.15) is 0 Å². The number of hydrogen-bond donors (Lipinski definition) is 1. The van der Waals surface area contributed by atoms with Gasteiger partial charge in [-0.15, -0.1) is 11.3 Å². The van der Waals surface area contributed by atoms with E-state index in [-0.39, 0.29) is 18.4 Å². The van der Waals surface area contributed by atoms with Crippen LogP contribution in [0.3, 0.4) is 0 Å². The molecule has 1 aliphatic heterocycles. The van der Waals surface area contributed by atoms with Gasteiger partial charge in [0.05, 0.1) is 30.7 Å². The first kappa shape index (κ1) is 23.7. The van der Waals surface area contributed by atoms with E-state index in [1.54, 1.807) is 55.3 Å². The molecule has 1 aromatic heterocycles. The molecule has 1 N–H and O–H groups in total. The van der Waals surface area contributed by atoms with Gasteiger partial charge < -0.3 is 19.7 Å². The first-order valence-electron chi connectivity index (χ1n) is 11.1. The second-order valence-electron chi connectivity index (χ2n) is 7.81. The van der Waals surface area contributed by atoms with E-state index in [4.69, 9.17) is 9.47 Å². The zero-order chi connectivity index (χ0) is 24.1. The Kier molecular flexibility index (Phi) is 7.40. The van der Waals surface area contributed by atoms with Gasteiger partial charge in [-0.1, -0.05) is 30.3 Å². The summed E-state index contributed by atoms with van der Waals surface area (Å²) in [7, 11) is 1.59. The van der Waals surface area contributed by atoms with Crippen LogP contribution in [0, 0.1) is 0 Å². The van der Waals surface area contributed by atoms with E-state index in [0.29, 0.717) is 35.5 Å². The summed E-state index contributed by atoms with van der Waals surface area (Å²) >= 11 is 1.51. The van der Waals surface area contributed by atoms with Crippen LogP contribution in [-0.4, -0.2) is 49.6 Å². The van der Waals surface area contributed by atoms with Crippen LogP contribution in [0.15, 0.2) is 66.0 Å². The summed E-state index contributed by atoms with van der Waals surface area (Å²) in [6, 6.07) is 17.3. The van der Waals surface area contributed by atoms with Crippen molar-refractivity contribution in [2.24, 2.45) is 0 Å². The zero-order valence-corrected chi connectivity index (χ0v) is 19.8. The van der Waals surface area contributed by atoms with Crippen molar-refractivity contribution in [2.75, 3.05) is 32.2 Å². The number of hydrogen-bond acceptors (Lipinski definition) is 6. The van der Waals surface area contributed by atoms with Crippen molar-refractivity contribution in [2.45, 2.75) is 18.9 Å². The molecule has 2 amide bonds. The third kappa shape index (κ3) is 4.73. The second-order valence-corrected chi connectivity index (χ2v) is 8.79. The van der Waals surface area contributed by atoms with Gasteiger partial charge in [0.2, 0.25) is 5.91 Å². The third-order valence-corrected chi connectivity index (χ3v) is 6.68. The lowest BCUT2D eigenvalue weighted by atomic mass is 9.81. The van der Waals surface area contributed by atoms with E-state index in [9.17, 15) is 14.4 Å². The number of esters is 1. The molecule has 2 unspecified atom stereocenters. The van der Waals surface area contributed by atoms with Gasteiger partial charge in [-0.3, -0.25) is 9.59 Å². The molecule has 2 heterocycles. The fraction of sp³-hybridized carbons (Fsp3) is 0.269. The number of nitrogens with one attached hydrogen (secondary N) is 1. The van der Waals surface area contributed by atoms with Gasteiger partial charge >= 0.3 is 5.97 Å². The molecule has 0 saturated heterocycles. The maximum Gasteiger partial charge on any atom is 0.338 e. The standard InChI is InChI=1S/C26H26N2O5S/c1-3-33-26(31)17-8-6-9-18(16-17)27-24(29)22-19-10-4-5-11-20(19)25(30)28(13-14-32-2)23(22)21-12-7-15-34-21/h4-12,15-16,22-23H,3,13-14H2,1-2H3,(H,27,29). The molecule has 7 nitrogen and oxygen atoms in total. The minimum absolute atomic E-state index is 0.126. The Balaban J connectivity index is 1.73. The highest BCUT2D eigenvalue weighted by Gasteiger charge is 2.44. The summed E-state index contributed by atoms with van der Waals surface area (Å²) in [5, 5.41) is 4.90. The summed E-state index contributed by atoms with van der Waals surface area (Å²) in [6.07, 6.45) is 0. The average molecular weight is 479 g/mol. The highest BCUT2D eigenvalue weighted by molar-refractivity contribution is 7.10. The van der Waals surface area contributed by atoms with Crippen LogP contribution in [0.5, 0.6) is 0 Å². The van der Waals surface area contributed by atoms with E-state index < -0.39 is 17.9 Å². The van der Waals surface area contributed by atoms with Crippen molar-refractivity contribution in [1.29, 1.82) is 0 Å². The smallest absolute Gasteiger partial charge is 0.338 e. The zero-order valence-electron chi connectivity index (χ0n) is 19.0. The number of anilines is 1. The number of fused-ring (bicyclic) bond motifs is 1. The quantitative estimate of drug-likeness (QED) is 0.482. The molecule has 0 bridgehead atoms. The molecule has 2 atom stereocenters. The van der Waals surface area contributed by atoms with Crippen LogP contribution >= 0.6 is 11.3 Å². The van der Waals surface area contributed by atoms with Crippen molar-refractivity contribution >= 4 is 34.8 Å². The van der Waals surface area contributed by atoms with Gasteiger partial charge in [-0.2, -0.15) is 0 Å². The normalized spacial score (nSPS) is 17.2. The molecule has 0 fully saturated rings. The Morgan fingerprint density at radius 1 is 1.09 bits per heavy atom. The molecule has 2 aromatic carbocycles. The van der Waals surface area contributed by atoms with Gasteiger partial charge in [-0.25, -0.2) is 4.79 Å². The van der Waals surface area contributed by atoms with E-state index in [2.05, 4.69) is 5.32 Å². The lowest BCUT2D eigenvalue weighted by Crippen LogP contribution is -2.47. The molecule has 1 aliphatic rings. The molecule has 0 saturated carbocycles. The van der Waals surface area contributed by atoms with Crippen molar-refractivity contribution < 1.29 is 23.9 Å². The summed E-state index contributed by atoms with van der Waals surface area (Å²) in [6.45, 7) is 2.72. The molecule has 0 aliphatic carbocycles. The van der Waals surface area contributed by atoms with Gasteiger partial charge in [0, 0.05) is 29.8 Å². The van der Waals surface area contributed by atoms with Crippen molar-refractivity contribution in [3.05, 3.63) is 87.6 Å². The Morgan fingerprint density at radius 2 is 1.91 bits per heavy atom. The third-order valence-electron chi connectivity index (χ3n) is 5.73. The van der Waals surface area contributed by atoms with Crippen molar-refractivity contribution in [3.63, 3.8) is 0 Å². The molecule has 8 heteroatoms. The fourth-order valence-electron chi connectivity index (χ4n) is 4.24. The minimum Gasteiger partial charge on any atom is -0.462 e. The topological polar surface area (TPSA) is 84.9 Å². The molecular weight excluding hydrogens is 452 g/mol. The van der Waals surface area contributed by atoms with Crippen LogP contribution in [0.2, 0.25) is 0 Å². The number of methoxy groups -OCH3 is 1. The SMILES string of the molecule is CCOC(=O)c1cccc(NC(=O)C2c3ccccc3C(=O)N(CCOC)C2c2cccs2)c1. The van der Waals surface area contributed by atoms with Crippen LogP contribution in [-0.2, 0) is 14.3 Å². The average Bonchev–Trinajstić information content (AvgIpc) is 3.38. The first-order valence-corrected chi connectivity index (χ1v) is 11.9. The number of nitrogens with zero attached hydrogens (tertiary/aromatic N) is 1. The van der Waals surface area contributed by atoms with Crippen LogP contribution < -0.4 is 5.32 Å². The van der Waals surface area contributed by atoms with Crippen molar-refractivity contribution in [3.8, 4) is 0 Å². The molecule has 34 heavy (non-hydrogen) atoms. The molecule has 3 aromatic rings.